The third kappa shape index (κ3) is 3.98. The number of hydrogen-bond donors (Lipinski definition) is 0. The molecule has 3 aromatic rings. The van der Waals surface area contributed by atoms with Gasteiger partial charge in [0.25, 0.3) is 5.91 Å². The van der Waals surface area contributed by atoms with Gasteiger partial charge < -0.3 is 4.90 Å². The average Bonchev–Trinajstić information content (AvgIpc) is 3.14. The Morgan fingerprint density at radius 3 is 2.42 bits per heavy atom. The van der Waals surface area contributed by atoms with Crippen LogP contribution in [0.15, 0.2) is 77.9 Å². The fourth-order valence-electron chi connectivity index (χ4n) is 6.21. The minimum atomic E-state index is -4.45. The van der Waals surface area contributed by atoms with Gasteiger partial charge in [0.1, 0.15) is 5.41 Å². The van der Waals surface area contributed by atoms with Gasteiger partial charge in [-0.1, -0.05) is 48.0 Å². The molecule has 0 bridgehead atoms. The van der Waals surface area contributed by atoms with Crippen molar-refractivity contribution in [2.24, 2.45) is 10.5 Å². The number of aryl methyl sites for hydroxylation is 1. The minimum Gasteiger partial charge on any atom is -0.364 e. The van der Waals surface area contributed by atoms with E-state index in [4.69, 9.17) is 5.10 Å². The molecule has 0 radical (unpaired) electrons. The molecule has 1 spiro atoms. The number of piperazine rings is 1. The molecule has 1 fully saturated rings. The normalized spacial score (nSPS) is 23.4. The smallest absolute Gasteiger partial charge is 0.364 e. The summed E-state index contributed by atoms with van der Waals surface area (Å²) < 4.78 is 41.0. The number of carbonyl (C=O) groups is 1. The zero-order valence-corrected chi connectivity index (χ0v) is 21.4. The number of hydrazone groups is 1. The highest BCUT2D eigenvalue weighted by Crippen LogP contribution is 2.49. The SMILES string of the molecule is CC1=NN(c2ccc(C)cc2)C(=O)[C@@]12Cc1cc(C(F)(F)F)ccc1N1CCN(Cc3ccccc3)C[C@@H]12. The molecule has 0 aromatic heterocycles. The van der Waals surface area contributed by atoms with Crippen LogP contribution >= 0.6 is 0 Å². The van der Waals surface area contributed by atoms with Crippen LogP contribution in [0.2, 0.25) is 0 Å². The molecule has 1 amide bonds. The van der Waals surface area contributed by atoms with Crippen LogP contribution in [-0.4, -0.2) is 42.2 Å². The van der Waals surface area contributed by atoms with Gasteiger partial charge in [0.15, 0.2) is 0 Å². The Balaban J connectivity index is 1.43. The monoisotopic (exact) mass is 518 g/mol. The van der Waals surface area contributed by atoms with Crippen LogP contribution < -0.4 is 9.91 Å². The van der Waals surface area contributed by atoms with Crippen molar-refractivity contribution in [2.45, 2.75) is 39.0 Å². The molecular weight excluding hydrogens is 489 g/mol. The maximum absolute atomic E-state index is 14.3. The number of hydrogen-bond acceptors (Lipinski definition) is 4. The zero-order valence-electron chi connectivity index (χ0n) is 21.4. The van der Waals surface area contributed by atoms with Gasteiger partial charge in [0.2, 0.25) is 0 Å². The van der Waals surface area contributed by atoms with Crippen LogP contribution in [0, 0.1) is 12.3 Å². The standard InChI is InChI=1S/C30H29F3N4O/c1-20-8-11-25(12-9-20)37-28(38)29(21(2)34-37)17-23-16-24(30(31,32)33)10-13-26(23)36-15-14-35(19-27(29)36)18-22-6-4-3-5-7-22/h3-13,16,27H,14-15,17-19H2,1-2H3/t27-,29+/m1/s1. The highest BCUT2D eigenvalue weighted by molar-refractivity contribution is 6.20. The molecule has 0 saturated carbocycles. The van der Waals surface area contributed by atoms with Gasteiger partial charge in [-0.15, -0.1) is 0 Å². The fourth-order valence-corrected chi connectivity index (χ4v) is 6.21. The van der Waals surface area contributed by atoms with Gasteiger partial charge in [-0.3, -0.25) is 9.69 Å². The molecule has 0 aliphatic carbocycles. The Kier molecular flexibility index (Phi) is 5.83. The summed E-state index contributed by atoms with van der Waals surface area (Å²) in [5.74, 6) is -0.182. The second-order valence-electron chi connectivity index (χ2n) is 10.6. The first-order valence-electron chi connectivity index (χ1n) is 12.9. The van der Waals surface area contributed by atoms with Crippen molar-refractivity contribution in [2.75, 3.05) is 29.5 Å². The molecule has 2 atom stereocenters. The van der Waals surface area contributed by atoms with Crippen molar-refractivity contribution in [1.82, 2.24) is 4.90 Å². The van der Waals surface area contributed by atoms with Crippen LogP contribution in [-0.2, 0) is 23.9 Å². The molecule has 8 heteroatoms. The molecule has 5 nitrogen and oxygen atoms in total. The Morgan fingerprint density at radius 1 is 0.974 bits per heavy atom. The third-order valence-electron chi connectivity index (χ3n) is 8.22. The maximum Gasteiger partial charge on any atom is 0.416 e. The number of rotatable bonds is 3. The minimum absolute atomic E-state index is 0.182. The first-order chi connectivity index (χ1) is 18.2. The summed E-state index contributed by atoms with van der Waals surface area (Å²) >= 11 is 0. The number of fused-ring (bicyclic) bond motifs is 4. The molecule has 6 rings (SSSR count). The molecule has 3 aliphatic heterocycles. The Labute approximate surface area is 220 Å². The highest BCUT2D eigenvalue weighted by atomic mass is 19.4. The van der Waals surface area contributed by atoms with Gasteiger partial charge in [0.05, 0.1) is 23.0 Å². The number of halogens is 3. The predicted octanol–water partition coefficient (Wildman–Crippen LogP) is 5.67. The lowest BCUT2D eigenvalue weighted by atomic mass is 9.67. The lowest BCUT2D eigenvalue weighted by molar-refractivity contribution is -0.137. The number of alkyl halides is 3. The molecule has 0 N–H and O–H groups in total. The van der Waals surface area contributed by atoms with E-state index in [9.17, 15) is 18.0 Å². The van der Waals surface area contributed by atoms with Gasteiger partial charge >= 0.3 is 6.18 Å². The van der Waals surface area contributed by atoms with E-state index in [0.29, 0.717) is 30.1 Å². The summed E-state index contributed by atoms with van der Waals surface area (Å²) in [5.41, 5.74) is 3.13. The van der Waals surface area contributed by atoms with Crippen molar-refractivity contribution in [3.63, 3.8) is 0 Å². The molecule has 38 heavy (non-hydrogen) atoms. The second kappa shape index (κ2) is 8.98. The van der Waals surface area contributed by atoms with E-state index in [1.807, 2.05) is 56.3 Å². The molecule has 0 unspecified atom stereocenters. The van der Waals surface area contributed by atoms with Crippen LogP contribution in [0.5, 0.6) is 0 Å². The number of amides is 1. The topological polar surface area (TPSA) is 39.2 Å². The second-order valence-corrected chi connectivity index (χ2v) is 10.6. The van der Waals surface area contributed by atoms with E-state index in [1.54, 1.807) is 6.07 Å². The summed E-state index contributed by atoms with van der Waals surface area (Å²) in [6.45, 7) is 6.53. The Bertz CT molecular complexity index is 1400. The number of carbonyl (C=O) groups excluding carboxylic acids is 1. The molecule has 196 valence electrons. The summed E-state index contributed by atoms with van der Waals surface area (Å²) in [5, 5.41) is 6.17. The Hall–Kier alpha value is -3.65. The van der Waals surface area contributed by atoms with Gasteiger partial charge in [-0.2, -0.15) is 23.3 Å². The first kappa shape index (κ1) is 24.7. The fraction of sp³-hybridized carbons (Fsp3) is 0.333. The zero-order chi connectivity index (χ0) is 26.7. The number of anilines is 2. The van der Waals surface area contributed by atoms with Crippen LogP contribution in [0.1, 0.15) is 29.2 Å². The van der Waals surface area contributed by atoms with Crippen LogP contribution in [0.4, 0.5) is 24.5 Å². The number of benzene rings is 3. The van der Waals surface area contributed by atoms with Crippen molar-refractivity contribution in [3.8, 4) is 0 Å². The summed E-state index contributed by atoms with van der Waals surface area (Å²) in [6.07, 6.45) is -4.27. The molecule has 1 saturated heterocycles. The van der Waals surface area contributed by atoms with Gasteiger partial charge in [-0.25, -0.2) is 0 Å². The van der Waals surface area contributed by atoms with E-state index in [2.05, 4.69) is 21.9 Å². The van der Waals surface area contributed by atoms with Crippen molar-refractivity contribution in [1.29, 1.82) is 0 Å². The van der Waals surface area contributed by atoms with E-state index in [0.717, 1.165) is 30.4 Å². The summed E-state index contributed by atoms with van der Waals surface area (Å²) in [6, 6.07) is 21.5. The van der Waals surface area contributed by atoms with Crippen LogP contribution in [0.25, 0.3) is 0 Å². The van der Waals surface area contributed by atoms with Crippen molar-refractivity contribution < 1.29 is 18.0 Å². The van der Waals surface area contributed by atoms with Gasteiger partial charge in [-0.05, 0) is 61.7 Å². The lowest BCUT2D eigenvalue weighted by Crippen LogP contribution is -2.66. The van der Waals surface area contributed by atoms with Crippen LogP contribution in [0.3, 0.4) is 0 Å². The number of nitrogens with zero attached hydrogens (tertiary/aromatic N) is 4. The first-order valence-corrected chi connectivity index (χ1v) is 12.9. The molecule has 3 aliphatic rings. The largest absolute Gasteiger partial charge is 0.416 e. The predicted molar refractivity (Wildman–Crippen MR) is 142 cm³/mol. The maximum atomic E-state index is 14.3. The van der Waals surface area contributed by atoms with E-state index in [1.165, 1.54) is 16.6 Å². The van der Waals surface area contributed by atoms with Crippen molar-refractivity contribution >= 4 is 23.0 Å². The van der Waals surface area contributed by atoms with Crippen molar-refractivity contribution in [3.05, 3.63) is 95.1 Å². The molecule has 3 aromatic carbocycles. The van der Waals surface area contributed by atoms with E-state index in [-0.39, 0.29) is 18.4 Å². The molecular formula is C30H29F3N4O. The van der Waals surface area contributed by atoms with E-state index < -0.39 is 17.2 Å². The summed E-state index contributed by atoms with van der Waals surface area (Å²) in [4.78, 5) is 18.8. The highest BCUT2D eigenvalue weighted by Gasteiger charge is 2.60. The van der Waals surface area contributed by atoms with E-state index >= 15 is 0 Å². The van der Waals surface area contributed by atoms with Gasteiger partial charge in [0, 0.05) is 31.9 Å². The lowest BCUT2D eigenvalue weighted by Gasteiger charge is -2.53. The quantitative estimate of drug-likeness (QED) is 0.449. The third-order valence-corrected chi connectivity index (χ3v) is 8.22. The Morgan fingerprint density at radius 2 is 1.71 bits per heavy atom. The summed E-state index contributed by atoms with van der Waals surface area (Å²) in [7, 11) is 0. The average molecular weight is 519 g/mol. The molecule has 3 heterocycles.